The molecule has 27 heavy (non-hydrogen) atoms. The minimum Gasteiger partial charge on any atom is -0.378 e. The molecule has 3 amide bonds. The largest absolute Gasteiger partial charge is 0.378 e. The van der Waals surface area contributed by atoms with E-state index in [4.69, 9.17) is 16.3 Å². The number of carbonyl (C=O) groups is 3. The molecule has 2 aliphatic heterocycles. The van der Waals surface area contributed by atoms with E-state index in [9.17, 15) is 14.4 Å². The van der Waals surface area contributed by atoms with E-state index in [-0.39, 0.29) is 30.2 Å². The van der Waals surface area contributed by atoms with Crippen molar-refractivity contribution in [3.63, 3.8) is 0 Å². The van der Waals surface area contributed by atoms with Gasteiger partial charge in [-0.05, 0) is 37.1 Å². The molecule has 0 aliphatic carbocycles. The number of nitrogens with zero attached hydrogens (tertiary/aromatic N) is 2. The number of carbonyl (C=O) groups excluding carboxylic acids is 3. The Kier molecular flexibility index (Phi) is 6.68. The van der Waals surface area contributed by atoms with Gasteiger partial charge in [0.15, 0.2) is 0 Å². The lowest BCUT2D eigenvalue weighted by atomic mass is 9.96. The van der Waals surface area contributed by atoms with Crippen LogP contribution in [0.15, 0.2) is 24.3 Å². The summed E-state index contributed by atoms with van der Waals surface area (Å²) in [7, 11) is 0. The Hall–Kier alpha value is -2.12. The van der Waals surface area contributed by atoms with Crippen molar-refractivity contribution in [2.75, 3.05) is 45.9 Å². The third-order valence-electron chi connectivity index (χ3n) is 4.95. The topological polar surface area (TPSA) is 79.0 Å². The van der Waals surface area contributed by atoms with Gasteiger partial charge < -0.3 is 19.9 Å². The van der Waals surface area contributed by atoms with Crippen LogP contribution in [-0.2, 0) is 14.3 Å². The van der Waals surface area contributed by atoms with Crippen molar-refractivity contribution in [2.45, 2.75) is 12.8 Å². The number of benzene rings is 1. The molecular weight excluding hydrogens is 370 g/mol. The maximum Gasteiger partial charge on any atom is 0.253 e. The molecule has 2 saturated heterocycles. The summed E-state index contributed by atoms with van der Waals surface area (Å²) < 4.78 is 5.22. The van der Waals surface area contributed by atoms with Gasteiger partial charge in [0, 0.05) is 36.8 Å². The van der Waals surface area contributed by atoms with E-state index in [1.165, 1.54) is 0 Å². The van der Waals surface area contributed by atoms with E-state index in [0.29, 0.717) is 56.4 Å². The maximum atomic E-state index is 12.6. The predicted molar refractivity (Wildman–Crippen MR) is 100 cm³/mol. The molecule has 0 radical (unpaired) electrons. The smallest absolute Gasteiger partial charge is 0.253 e. The number of hydrogen-bond donors (Lipinski definition) is 1. The number of likely N-dealkylation sites (tertiary alicyclic amines) is 1. The second kappa shape index (κ2) is 9.19. The molecule has 146 valence electrons. The highest BCUT2D eigenvalue weighted by Crippen LogP contribution is 2.20. The normalized spacial score (nSPS) is 20.3. The number of morpholine rings is 1. The van der Waals surface area contributed by atoms with E-state index >= 15 is 0 Å². The van der Waals surface area contributed by atoms with Crippen LogP contribution in [0.4, 0.5) is 0 Å². The van der Waals surface area contributed by atoms with Crippen LogP contribution >= 0.6 is 11.6 Å². The Balaban J connectivity index is 1.50. The molecule has 1 aromatic rings. The van der Waals surface area contributed by atoms with Gasteiger partial charge in [-0.15, -0.1) is 0 Å². The SMILES string of the molecule is O=C(NCC(=O)N1CCOCC1)C1CCCN(C(=O)c2ccc(Cl)cc2)C1. The van der Waals surface area contributed by atoms with Gasteiger partial charge in [0.05, 0.1) is 25.7 Å². The molecule has 7 nitrogen and oxygen atoms in total. The standard InChI is InChI=1S/C19H24ClN3O4/c20-16-5-3-14(4-6-16)19(26)23-7-1-2-15(13-23)18(25)21-12-17(24)22-8-10-27-11-9-22/h3-6,15H,1-2,7-13H2,(H,21,25). The van der Waals surface area contributed by atoms with Gasteiger partial charge in [0.2, 0.25) is 11.8 Å². The highest BCUT2D eigenvalue weighted by Gasteiger charge is 2.29. The summed E-state index contributed by atoms with van der Waals surface area (Å²) in [5.41, 5.74) is 0.558. The van der Waals surface area contributed by atoms with E-state index in [2.05, 4.69) is 5.32 Å². The maximum absolute atomic E-state index is 12.6. The second-order valence-corrected chi connectivity index (χ2v) is 7.24. The van der Waals surface area contributed by atoms with Gasteiger partial charge in [0.25, 0.3) is 5.91 Å². The van der Waals surface area contributed by atoms with Crippen LogP contribution in [0.1, 0.15) is 23.2 Å². The molecular formula is C19H24ClN3O4. The van der Waals surface area contributed by atoms with Crippen molar-refractivity contribution < 1.29 is 19.1 Å². The molecule has 0 spiro atoms. The van der Waals surface area contributed by atoms with Crippen molar-refractivity contribution in [2.24, 2.45) is 5.92 Å². The zero-order valence-corrected chi connectivity index (χ0v) is 15.9. The first-order chi connectivity index (χ1) is 13.0. The minimum atomic E-state index is -0.299. The molecule has 0 aromatic heterocycles. The summed E-state index contributed by atoms with van der Waals surface area (Å²) in [4.78, 5) is 40.6. The lowest BCUT2D eigenvalue weighted by molar-refractivity contribution is -0.137. The van der Waals surface area contributed by atoms with E-state index in [1.807, 2.05) is 0 Å². The van der Waals surface area contributed by atoms with E-state index < -0.39 is 0 Å². The lowest BCUT2D eigenvalue weighted by Crippen LogP contribution is -2.49. The number of nitrogens with one attached hydrogen (secondary N) is 1. The fraction of sp³-hybridized carbons (Fsp3) is 0.526. The van der Waals surface area contributed by atoms with Gasteiger partial charge >= 0.3 is 0 Å². The molecule has 2 fully saturated rings. The molecule has 3 rings (SSSR count). The van der Waals surface area contributed by atoms with E-state index in [1.54, 1.807) is 34.1 Å². The van der Waals surface area contributed by atoms with Gasteiger partial charge in [-0.3, -0.25) is 14.4 Å². The molecule has 0 bridgehead atoms. The zero-order chi connectivity index (χ0) is 19.2. The monoisotopic (exact) mass is 393 g/mol. The minimum absolute atomic E-state index is 0.0134. The summed E-state index contributed by atoms with van der Waals surface area (Å²) in [6, 6.07) is 6.74. The third-order valence-corrected chi connectivity index (χ3v) is 5.20. The predicted octanol–water partition coefficient (Wildman–Crippen LogP) is 1.17. The van der Waals surface area contributed by atoms with Crippen LogP contribution in [0.2, 0.25) is 5.02 Å². The molecule has 8 heteroatoms. The van der Waals surface area contributed by atoms with Gasteiger partial charge in [-0.2, -0.15) is 0 Å². The Bertz CT molecular complexity index is 689. The summed E-state index contributed by atoms with van der Waals surface area (Å²) in [5.74, 6) is -0.678. The van der Waals surface area contributed by atoms with Crippen molar-refractivity contribution in [1.29, 1.82) is 0 Å². The molecule has 1 unspecified atom stereocenters. The Morgan fingerprint density at radius 2 is 1.78 bits per heavy atom. The van der Waals surface area contributed by atoms with Crippen LogP contribution in [0.3, 0.4) is 0 Å². The highest BCUT2D eigenvalue weighted by molar-refractivity contribution is 6.30. The van der Waals surface area contributed by atoms with Crippen molar-refractivity contribution in [1.82, 2.24) is 15.1 Å². The third kappa shape index (κ3) is 5.20. The van der Waals surface area contributed by atoms with Crippen LogP contribution < -0.4 is 5.32 Å². The van der Waals surface area contributed by atoms with Crippen LogP contribution in [0.25, 0.3) is 0 Å². The molecule has 1 atom stereocenters. The Morgan fingerprint density at radius 1 is 1.07 bits per heavy atom. The van der Waals surface area contributed by atoms with Gasteiger partial charge in [-0.1, -0.05) is 11.6 Å². The second-order valence-electron chi connectivity index (χ2n) is 6.81. The summed E-state index contributed by atoms with van der Waals surface area (Å²) >= 11 is 5.87. The number of halogens is 1. The number of amides is 3. The quantitative estimate of drug-likeness (QED) is 0.832. The first-order valence-corrected chi connectivity index (χ1v) is 9.60. The molecule has 1 aromatic carbocycles. The average molecular weight is 394 g/mol. The number of ether oxygens (including phenoxy) is 1. The molecule has 0 saturated carbocycles. The van der Waals surface area contributed by atoms with Crippen LogP contribution in [0.5, 0.6) is 0 Å². The Labute approximate surface area is 163 Å². The highest BCUT2D eigenvalue weighted by atomic mass is 35.5. The molecule has 1 N–H and O–H groups in total. The summed E-state index contributed by atoms with van der Waals surface area (Å²) in [5, 5.41) is 3.31. The zero-order valence-electron chi connectivity index (χ0n) is 15.2. The van der Waals surface area contributed by atoms with Gasteiger partial charge in [-0.25, -0.2) is 0 Å². The lowest BCUT2D eigenvalue weighted by Gasteiger charge is -2.32. The number of rotatable bonds is 4. The molecule has 2 aliphatic rings. The first-order valence-electron chi connectivity index (χ1n) is 9.22. The fourth-order valence-corrected chi connectivity index (χ4v) is 3.51. The van der Waals surface area contributed by atoms with E-state index in [0.717, 1.165) is 6.42 Å². The van der Waals surface area contributed by atoms with Crippen molar-refractivity contribution in [3.05, 3.63) is 34.9 Å². The Morgan fingerprint density at radius 3 is 2.48 bits per heavy atom. The first kappa shape index (κ1) is 19.6. The van der Waals surface area contributed by atoms with Crippen molar-refractivity contribution >= 4 is 29.3 Å². The average Bonchev–Trinajstić information content (AvgIpc) is 2.72. The summed E-state index contributed by atoms with van der Waals surface area (Å²) in [6.45, 7) is 3.15. The van der Waals surface area contributed by atoms with Crippen LogP contribution in [0, 0.1) is 5.92 Å². The van der Waals surface area contributed by atoms with Gasteiger partial charge in [0.1, 0.15) is 0 Å². The molecule has 2 heterocycles. The number of hydrogen-bond acceptors (Lipinski definition) is 4. The van der Waals surface area contributed by atoms with Crippen LogP contribution in [-0.4, -0.2) is 73.5 Å². The number of piperidine rings is 1. The van der Waals surface area contributed by atoms with Crippen molar-refractivity contribution in [3.8, 4) is 0 Å². The summed E-state index contributed by atoms with van der Waals surface area (Å²) in [6.07, 6.45) is 1.47. The fourth-order valence-electron chi connectivity index (χ4n) is 3.38.